The summed E-state index contributed by atoms with van der Waals surface area (Å²) in [6, 6.07) is 6.44. The Morgan fingerprint density at radius 1 is 1.33 bits per heavy atom. The fourth-order valence-electron chi connectivity index (χ4n) is 3.98. The van der Waals surface area contributed by atoms with Crippen molar-refractivity contribution in [1.29, 1.82) is 5.26 Å². The van der Waals surface area contributed by atoms with Gasteiger partial charge in [0.1, 0.15) is 11.9 Å². The first kappa shape index (κ1) is 16.7. The summed E-state index contributed by atoms with van der Waals surface area (Å²) in [5.41, 5.74) is 0.530. The Hall–Kier alpha value is -2.13. The van der Waals surface area contributed by atoms with E-state index in [2.05, 4.69) is 27.9 Å². The predicted molar refractivity (Wildman–Crippen MR) is 92.6 cm³/mol. The number of anilines is 1. The molecule has 24 heavy (non-hydrogen) atoms. The van der Waals surface area contributed by atoms with Gasteiger partial charge >= 0.3 is 0 Å². The first-order valence-corrected chi connectivity index (χ1v) is 8.67. The third-order valence-corrected chi connectivity index (χ3v) is 5.28. The summed E-state index contributed by atoms with van der Waals surface area (Å²) in [4.78, 5) is 23.4. The topological polar surface area (TPSA) is 63.5 Å². The molecular weight excluding hydrogens is 302 g/mol. The zero-order chi connectivity index (χ0) is 17.1. The number of carbonyl (C=O) groups is 1. The molecule has 2 fully saturated rings. The number of carbonyl (C=O) groups excluding carboxylic acids is 1. The molecule has 128 valence electrons. The lowest BCUT2D eigenvalue weighted by Crippen LogP contribution is -2.49. The Balaban J connectivity index is 1.63. The van der Waals surface area contributed by atoms with Crippen LogP contribution in [0.3, 0.4) is 0 Å². The van der Waals surface area contributed by atoms with Crippen molar-refractivity contribution >= 4 is 11.7 Å². The van der Waals surface area contributed by atoms with Gasteiger partial charge in [0.2, 0.25) is 5.91 Å². The molecule has 0 saturated carbocycles. The van der Waals surface area contributed by atoms with Crippen LogP contribution in [0.4, 0.5) is 5.82 Å². The van der Waals surface area contributed by atoms with E-state index in [0.717, 1.165) is 31.7 Å². The molecule has 2 aliphatic rings. The SMILES string of the molecule is CN(CC(=O)N1CCC[C@@H]1[C@@H]1CCCN1C)c1ccc(C#N)cn1. The second-order valence-corrected chi connectivity index (χ2v) is 6.86. The van der Waals surface area contributed by atoms with Crippen LogP contribution in [0.15, 0.2) is 18.3 Å². The minimum Gasteiger partial charge on any atom is -0.350 e. The number of aromatic nitrogens is 1. The summed E-state index contributed by atoms with van der Waals surface area (Å²) >= 11 is 0. The number of likely N-dealkylation sites (tertiary alicyclic amines) is 2. The number of hydrogen-bond acceptors (Lipinski definition) is 5. The van der Waals surface area contributed by atoms with Crippen LogP contribution in [-0.2, 0) is 4.79 Å². The van der Waals surface area contributed by atoms with Gasteiger partial charge in [-0.05, 0) is 51.4 Å². The van der Waals surface area contributed by atoms with E-state index in [1.807, 2.05) is 11.9 Å². The first-order valence-electron chi connectivity index (χ1n) is 8.67. The van der Waals surface area contributed by atoms with E-state index in [0.29, 0.717) is 24.2 Å². The van der Waals surface area contributed by atoms with E-state index in [1.54, 1.807) is 18.3 Å². The summed E-state index contributed by atoms with van der Waals surface area (Å²) in [6.07, 6.45) is 6.17. The number of rotatable bonds is 4. The van der Waals surface area contributed by atoms with Gasteiger partial charge in [0.25, 0.3) is 0 Å². The predicted octanol–water partition coefficient (Wildman–Crippen LogP) is 1.47. The molecule has 0 N–H and O–H groups in total. The van der Waals surface area contributed by atoms with Crippen molar-refractivity contribution in [1.82, 2.24) is 14.8 Å². The van der Waals surface area contributed by atoms with Crippen LogP contribution in [0.5, 0.6) is 0 Å². The van der Waals surface area contributed by atoms with Crippen LogP contribution >= 0.6 is 0 Å². The van der Waals surface area contributed by atoms with Crippen molar-refractivity contribution in [3.05, 3.63) is 23.9 Å². The van der Waals surface area contributed by atoms with Crippen molar-refractivity contribution in [2.75, 3.05) is 38.6 Å². The fraction of sp³-hybridized carbons (Fsp3) is 0.611. The smallest absolute Gasteiger partial charge is 0.242 e. The lowest BCUT2D eigenvalue weighted by atomic mass is 10.0. The second kappa shape index (κ2) is 7.18. The van der Waals surface area contributed by atoms with E-state index in [-0.39, 0.29) is 5.91 Å². The van der Waals surface area contributed by atoms with Crippen LogP contribution in [0.2, 0.25) is 0 Å². The zero-order valence-corrected chi connectivity index (χ0v) is 14.5. The molecule has 2 saturated heterocycles. The molecular formula is C18H25N5O. The molecule has 6 nitrogen and oxygen atoms in total. The second-order valence-electron chi connectivity index (χ2n) is 6.86. The molecule has 0 aliphatic carbocycles. The largest absolute Gasteiger partial charge is 0.350 e. The Bertz CT molecular complexity index is 623. The maximum absolute atomic E-state index is 12.8. The van der Waals surface area contributed by atoms with Crippen LogP contribution in [0.25, 0.3) is 0 Å². The van der Waals surface area contributed by atoms with Crippen molar-refractivity contribution in [3.63, 3.8) is 0 Å². The van der Waals surface area contributed by atoms with E-state index < -0.39 is 0 Å². The average molecular weight is 327 g/mol. The summed E-state index contributed by atoms with van der Waals surface area (Å²) < 4.78 is 0. The van der Waals surface area contributed by atoms with Crippen LogP contribution in [-0.4, -0.2) is 66.5 Å². The van der Waals surface area contributed by atoms with Gasteiger partial charge in [0.05, 0.1) is 12.1 Å². The highest BCUT2D eigenvalue weighted by atomic mass is 16.2. The van der Waals surface area contributed by atoms with Crippen molar-refractivity contribution in [3.8, 4) is 6.07 Å². The number of pyridine rings is 1. The molecule has 0 bridgehead atoms. The summed E-state index contributed by atoms with van der Waals surface area (Å²) in [7, 11) is 4.05. The Labute approximate surface area is 143 Å². The maximum atomic E-state index is 12.8. The monoisotopic (exact) mass is 327 g/mol. The van der Waals surface area contributed by atoms with Gasteiger partial charge in [-0.25, -0.2) is 4.98 Å². The molecule has 0 radical (unpaired) electrons. The first-order chi connectivity index (χ1) is 11.6. The van der Waals surface area contributed by atoms with Gasteiger partial charge in [-0.1, -0.05) is 0 Å². The molecule has 0 unspecified atom stereocenters. The van der Waals surface area contributed by atoms with Gasteiger partial charge in [0.15, 0.2) is 0 Å². The molecule has 3 rings (SSSR count). The van der Waals surface area contributed by atoms with Crippen LogP contribution in [0, 0.1) is 11.3 Å². The van der Waals surface area contributed by atoms with E-state index >= 15 is 0 Å². The quantitative estimate of drug-likeness (QED) is 0.838. The molecule has 2 atom stereocenters. The van der Waals surface area contributed by atoms with Gasteiger partial charge in [-0.3, -0.25) is 4.79 Å². The highest BCUT2D eigenvalue weighted by Gasteiger charge is 2.38. The van der Waals surface area contributed by atoms with Gasteiger partial charge in [-0.15, -0.1) is 0 Å². The lowest BCUT2D eigenvalue weighted by Gasteiger charge is -2.34. The molecule has 1 aromatic heterocycles. The van der Waals surface area contributed by atoms with E-state index in [1.165, 1.54) is 12.8 Å². The highest BCUT2D eigenvalue weighted by molar-refractivity contribution is 5.81. The minimum atomic E-state index is 0.173. The molecule has 0 spiro atoms. The fourth-order valence-corrected chi connectivity index (χ4v) is 3.98. The molecule has 1 amide bonds. The normalized spacial score (nSPS) is 24.1. The highest BCUT2D eigenvalue weighted by Crippen LogP contribution is 2.29. The summed E-state index contributed by atoms with van der Waals surface area (Å²) in [5.74, 6) is 0.891. The van der Waals surface area contributed by atoms with Crippen molar-refractivity contribution < 1.29 is 4.79 Å². The molecule has 6 heteroatoms. The van der Waals surface area contributed by atoms with Gasteiger partial charge < -0.3 is 14.7 Å². The summed E-state index contributed by atoms with van der Waals surface area (Å²) in [5, 5.41) is 8.84. The van der Waals surface area contributed by atoms with Crippen molar-refractivity contribution in [2.45, 2.75) is 37.8 Å². The third kappa shape index (κ3) is 3.36. The zero-order valence-electron chi connectivity index (χ0n) is 14.5. The van der Waals surface area contributed by atoms with Crippen molar-refractivity contribution in [2.24, 2.45) is 0 Å². The number of likely N-dealkylation sites (N-methyl/N-ethyl adjacent to an activating group) is 2. The Kier molecular flexibility index (Phi) is 5.00. The van der Waals surface area contributed by atoms with Gasteiger partial charge in [-0.2, -0.15) is 5.26 Å². The Morgan fingerprint density at radius 2 is 2.08 bits per heavy atom. The minimum absolute atomic E-state index is 0.173. The number of amides is 1. The van der Waals surface area contributed by atoms with E-state index in [4.69, 9.17) is 5.26 Å². The molecule has 0 aromatic carbocycles. The average Bonchev–Trinajstić information content (AvgIpc) is 3.23. The molecule has 1 aromatic rings. The lowest BCUT2D eigenvalue weighted by molar-refractivity contribution is -0.131. The number of hydrogen-bond donors (Lipinski definition) is 0. The van der Waals surface area contributed by atoms with Crippen LogP contribution in [0.1, 0.15) is 31.2 Å². The van der Waals surface area contributed by atoms with Crippen LogP contribution < -0.4 is 4.90 Å². The van der Waals surface area contributed by atoms with E-state index in [9.17, 15) is 4.79 Å². The third-order valence-electron chi connectivity index (χ3n) is 5.28. The maximum Gasteiger partial charge on any atom is 0.242 e. The Morgan fingerprint density at radius 3 is 2.71 bits per heavy atom. The number of nitrogens with zero attached hydrogens (tertiary/aromatic N) is 5. The number of nitriles is 1. The standard InChI is InChI=1S/C18H25N5O/c1-21-9-3-5-15(21)16-6-4-10-23(16)18(24)13-22(2)17-8-7-14(11-19)12-20-17/h7-8,12,15-16H,3-6,9-10,13H2,1-2H3/t15-,16+/m0/s1. The van der Waals surface area contributed by atoms with Gasteiger partial charge in [0, 0.05) is 31.9 Å². The summed E-state index contributed by atoms with van der Waals surface area (Å²) in [6.45, 7) is 2.33. The molecule has 3 heterocycles. The molecule has 2 aliphatic heterocycles.